The minimum atomic E-state index is 0.453. The van der Waals surface area contributed by atoms with E-state index >= 15 is 0 Å². The zero-order valence-corrected chi connectivity index (χ0v) is 18.1. The second kappa shape index (κ2) is 11.2. The second-order valence-electron chi connectivity index (χ2n) is 7.28. The number of aliphatic imine (C=N–C) groups is 1. The van der Waals surface area contributed by atoms with Gasteiger partial charge in [-0.2, -0.15) is 0 Å². The molecule has 7 heteroatoms. The van der Waals surface area contributed by atoms with Gasteiger partial charge in [0.2, 0.25) is 0 Å². The third-order valence-electron chi connectivity index (χ3n) is 5.33. The average Bonchev–Trinajstić information content (AvgIpc) is 3.44. The third kappa shape index (κ3) is 5.95. The van der Waals surface area contributed by atoms with E-state index in [1.54, 1.807) is 7.05 Å². The molecular formula is C23H32N6O. The van der Waals surface area contributed by atoms with Crippen LogP contribution in [-0.4, -0.2) is 27.7 Å². The van der Waals surface area contributed by atoms with Crippen molar-refractivity contribution in [2.45, 2.75) is 58.7 Å². The first-order valence-electron chi connectivity index (χ1n) is 10.7. The highest BCUT2D eigenvalue weighted by Crippen LogP contribution is 2.22. The molecule has 0 aliphatic heterocycles. The quantitative estimate of drug-likeness (QED) is 0.393. The van der Waals surface area contributed by atoms with Crippen LogP contribution in [0.15, 0.2) is 58.3 Å². The molecule has 160 valence electrons. The fourth-order valence-corrected chi connectivity index (χ4v) is 3.47. The molecule has 0 aliphatic carbocycles. The highest BCUT2D eigenvalue weighted by atomic mass is 16.5. The van der Waals surface area contributed by atoms with Gasteiger partial charge in [0.25, 0.3) is 0 Å². The van der Waals surface area contributed by atoms with E-state index in [2.05, 4.69) is 68.4 Å². The molecule has 0 unspecified atom stereocenters. The second-order valence-corrected chi connectivity index (χ2v) is 7.28. The van der Waals surface area contributed by atoms with E-state index in [0.29, 0.717) is 25.0 Å². The van der Waals surface area contributed by atoms with Gasteiger partial charge in [0.1, 0.15) is 5.82 Å². The van der Waals surface area contributed by atoms with Crippen molar-refractivity contribution in [2.75, 3.05) is 7.05 Å². The highest BCUT2D eigenvalue weighted by Gasteiger charge is 2.13. The lowest BCUT2D eigenvalue weighted by Crippen LogP contribution is -2.36. The SMILES string of the molecule is CCC(CC)c1cc(CNC(=NC)NCc2nccn2CCc2ccccc2)on1. The Kier molecular flexibility index (Phi) is 8.06. The molecule has 0 saturated carbocycles. The number of nitrogens with one attached hydrogen (secondary N) is 2. The fraction of sp³-hybridized carbons (Fsp3) is 0.435. The number of imidazole rings is 1. The van der Waals surface area contributed by atoms with Crippen molar-refractivity contribution in [3.8, 4) is 0 Å². The van der Waals surface area contributed by atoms with Gasteiger partial charge in [0, 0.05) is 38.0 Å². The molecule has 0 radical (unpaired) electrons. The number of nitrogens with zero attached hydrogens (tertiary/aromatic N) is 4. The Labute approximate surface area is 178 Å². The Hall–Kier alpha value is -3.09. The molecule has 0 aliphatic rings. The van der Waals surface area contributed by atoms with Crippen LogP contribution >= 0.6 is 0 Å². The number of guanidine groups is 1. The Morgan fingerprint density at radius 3 is 2.63 bits per heavy atom. The molecule has 0 atom stereocenters. The van der Waals surface area contributed by atoms with Gasteiger partial charge in [0.05, 0.1) is 18.8 Å². The predicted molar refractivity (Wildman–Crippen MR) is 119 cm³/mol. The van der Waals surface area contributed by atoms with Crippen molar-refractivity contribution < 1.29 is 4.52 Å². The summed E-state index contributed by atoms with van der Waals surface area (Å²) in [6.45, 7) is 6.38. The van der Waals surface area contributed by atoms with E-state index in [1.807, 2.05) is 24.5 Å². The monoisotopic (exact) mass is 408 g/mol. The summed E-state index contributed by atoms with van der Waals surface area (Å²) in [5.74, 6) is 2.94. The molecule has 0 fully saturated rings. The maximum Gasteiger partial charge on any atom is 0.191 e. The standard InChI is InChI=1S/C23H32N6O/c1-4-19(5-2)21-15-20(30-28-21)16-26-23(24-3)27-17-22-25-12-14-29(22)13-11-18-9-7-6-8-10-18/h6-10,12,14-15,19H,4-5,11,13,16-17H2,1-3H3,(H2,24,26,27). The Balaban J connectivity index is 1.49. The van der Waals surface area contributed by atoms with Crippen molar-refractivity contribution in [1.29, 1.82) is 0 Å². The first-order chi connectivity index (χ1) is 14.7. The van der Waals surface area contributed by atoms with Gasteiger partial charge in [-0.15, -0.1) is 0 Å². The van der Waals surface area contributed by atoms with Crippen LogP contribution in [0.2, 0.25) is 0 Å². The van der Waals surface area contributed by atoms with E-state index in [4.69, 9.17) is 4.52 Å². The van der Waals surface area contributed by atoms with E-state index in [-0.39, 0.29) is 0 Å². The third-order valence-corrected chi connectivity index (χ3v) is 5.33. The zero-order valence-electron chi connectivity index (χ0n) is 18.1. The first-order valence-corrected chi connectivity index (χ1v) is 10.7. The van der Waals surface area contributed by atoms with Gasteiger partial charge < -0.3 is 19.7 Å². The Morgan fingerprint density at radius 1 is 1.13 bits per heavy atom. The fourth-order valence-electron chi connectivity index (χ4n) is 3.47. The van der Waals surface area contributed by atoms with E-state index in [1.165, 1.54) is 5.56 Å². The van der Waals surface area contributed by atoms with Crippen LogP contribution in [0.5, 0.6) is 0 Å². The summed E-state index contributed by atoms with van der Waals surface area (Å²) in [4.78, 5) is 8.78. The molecule has 2 N–H and O–H groups in total. The van der Waals surface area contributed by atoms with Gasteiger partial charge in [-0.3, -0.25) is 4.99 Å². The minimum Gasteiger partial charge on any atom is -0.359 e. The summed E-state index contributed by atoms with van der Waals surface area (Å²) in [6.07, 6.45) is 6.96. The molecule has 3 aromatic rings. The number of hydrogen-bond acceptors (Lipinski definition) is 4. The number of rotatable bonds is 10. The number of aromatic nitrogens is 3. The molecule has 30 heavy (non-hydrogen) atoms. The Morgan fingerprint density at radius 2 is 1.90 bits per heavy atom. The number of aryl methyl sites for hydroxylation is 2. The lowest BCUT2D eigenvalue weighted by atomic mass is 9.99. The molecular weight excluding hydrogens is 376 g/mol. The van der Waals surface area contributed by atoms with Crippen molar-refractivity contribution in [3.05, 3.63) is 71.6 Å². The van der Waals surface area contributed by atoms with E-state index < -0.39 is 0 Å². The molecule has 0 spiro atoms. The van der Waals surface area contributed by atoms with Crippen LogP contribution in [0.25, 0.3) is 0 Å². The van der Waals surface area contributed by atoms with Crippen molar-refractivity contribution >= 4 is 5.96 Å². The lowest BCUT2D eigenvalue weighted by molar-refractivity contribution is 0.368. The molecule has 2 aromatic heterocycles. The van der Waals surface area contributed by atoms with E-state index in [0.717, 1.165) is 43.1 Å². The number of benzene rings is 1. The van der Waals surface area contributed by atoms with Crippen LogP contribution in [0.1, 0.15) is 55.4 Å². The molecule has 0 saturated heterocycles. The van der Waals surface area contributed by atoms with Gasteiger partial charge in [-0.25, -0.2) is 4.98 Å². The first kappa shape index (κ1) is 21.6. The highest BCUT2D eigenvalue weighted by molar-refractivity contribution is 5.79. The lowest BCUT2D eigenvalue weighted by Gasteiger charge is -2.12. The molecule has 3 rings (SSSR count). The van der Waals surface area contributed by atoms with Crippen molar-refractivity contribution in [3.63, 3.8) is 0 Å². The van der Waals surface area contributed by atoms with Crippen LogP contribution in [0.4, 0.5) is 0 Å². The van der Waals surface area contributed by atoms with Crippen molar-refractivity contribution in [2.24, 2.45) is 4.99 Å². The molecule has 7 nitrogen and oxygen atoms in total. The van der Waals surface area contributed by atoms with Crippen LogP contribution in [-0.2, 0) is 26.1 Å². The van der Waals surface area contributed by atoms with Gasteiger partial charge in [-0.1, -0.05) is 49.3 Å². The summed E-state index contributed by atoms with van der Waals surface area (Å²) in [6, 6.07) is 12.5. The van der Waals surface area contributed by atoms with Crippen molar-refractivity contribution in [1.82, 2.24) is 25.3 Å². The Bertz CT molecular complexity index is 911. The van der Waals surface area contributed by atoms with Crippen LogP contribution in [0.3, 0.4) is 0 Å². The summed E-state index contributed by atoms with van der Waals surface area (Å²) < 4.78 is 7.65. The summed E-state index contributed by atoms with van der Waals surface area (Å²) in [7, 11) is 1.76. The predicted octanol–water partition coefficient (Wildman–Crippen LogP) is 3.88. The van der Waals surface area contributed by atoms with E-state index in [9.17, 15) is 0 Å². The average molecular weight is 409 g/mol. The number of hydrogen-bond donors (Lipinski definition) is 2. The maximum absolute atomic E-state index is 5.48. The van der Waals surface area contributed by atoms with Gasteiger partial charge in [-0.05, 0) is 24.8 Å². The normalized spacial score (nSPS) is 11.8. The summed E-state index contributed by atoms with van der Waals surface area (Å²) in [5.41, 5.74) is 2.35. The van der Waals surface area contributed by atoms with Gasteiger partial charge >= 0.3 is 0 Å². The zero-order chi connectivity index (χ0) is 21.2. The van der Waals surface area contributed by atoms with Gasteiger partial charge in [0.15, 0.2) is 11.7 Å². The smallest absolute Gasteiger partial charge is 0.191 e. The molecule has 1 aromatic carbocycles. The maximum atomic E-state index is 5.48. The molecule has 2 heterocycles. The van der Waals surface area contributed by atoms with Crippen LogP contribution in [0, 0.1) is 0 Å². The van der Waals surface area contributed by atoms with Crippen LogP contribution < -0.4 is 10.6 Å². The largest absolute Gasteiger partial charge is 0.359 e. The topological polar surface area (TPSA) is 80.3 Å². The molecule has 0 amide bonds. The molecule has 0 bridgehead atoms. The minimum absolute atomic E-state index is 0.453. The summed E-state index contributed by atoms with van der Waals surface area (Å²) >= 11 is 0. The summed E-state index contributed by atoms with van der Waals surface area (Å²) in [5, 5.41) is 10.8.